The van der Waals surface area contributed by atoms with Crippen LogP contribution in [0.3, 0.4) is 0 Å². The number of hydrogen-bond donors (Lipinski definition) is 3. The first-order chi connectivity index (χ1) is 12.0. The molecule has 0 bridgehead atoms. The van der Waals surface area contributed by atoms with Crippen molar-refractivity contribution in [2.24, 2.45) is 5.73 Å². The van der Waals surface area contributed by atoms with Crippen LogP contribution in [0, 0.1) is 0 Å². The van der Waals surface area contributed by atoms with Crippen molar-refractivity contribution in [2.75, 3.05) is 0 Å². The van der Waals surface area contributed by atoms with Crippen LogP contribution in [0.25, 0.3) is 0 Å². The van der Waals surface area contributed by atoms with Gasteiger partial charge in [0.2, 0.25) is 0 Å². The fraction of sp³-hybridized carbons (Fsp3) is 0.125. The van der Waals surface area contributed by atoms with Crippen molar-refractivity contribution in [3.05, 3.63) is 69.5 Å². The SMILES string of the molecule is NC(=O)c1cc(C(=O)OCc2nc(Cc3ccccc3Br)n[nH]2)c[nH]1. The molecule has 2 aromatic heterocycles. The number of halogens is 1. The summed E-state index contributed by atoms with van der Waals surface area (Å²) in [4.78, 5) is 29.8. The number of benzene rings is 1. The van der Waals surface area contributed by atoms with Crippen LogP contribution in [-0.4, -0.2) is 32.0 Å². The molecule has 3 rings (SSSR count). The molecule has 0 aliphatic heterocycles. The molecule has 0 atom stereocenters. The van der Waals surface area contributed by atoms with E-state index >= 15 is 0 Å². The predicted octanol–water partition coefficient (Wildman–Crippen LogP) is 1.94. The van der Waals surface area contributed by atoms with Crippen molar-refractivity contribution in [2.45, 2.75) is 13.0 Å². The summed E-state index contributed by atoms with van der Waals surface area (Å²) >= 11 is 3.48. The van der Waals surface area contributed by atoms with Gasteiger partial charge in [-0.1, -0.05) is 34.1 Å². The Kier molecular flexibility index (Phi) is 4.94. The highest BCUT2D eigenvalue weighted by Crippen LogP contribution is 2.18. The molecule has 8 nitrogen and oxygen atoms in total. The average molecular weight is 404 g/mol. The molecule has 0 spiro atoms. The quantitative estimate of drug-likeness (QED) is 0.542. The van der Waals surface area contributed by atoms with Gasteiger partial charge in [0, 0.05) is 17.1 Å². The molecule has 0 radical (unpaired) electrons. The minimum atomic E-state index is -0.647. The Hall–Kier alpha value is -2.94. The molecule has 25 heavy (non-hydrogen) atoms. The summed E-state index contributed by atoms with van der Waals surface area (Å²) in [6, 6.07) is 9.13. The lowest BCUT2D eigenvalue weighted by Gasteiger charge is -2.00. The summed E-state index contributed by atoms with van der Waals surface area (Å²) in [6.45, 7) is -0.0567. The van der Waals surface area contributed by atoms with Crippen LogP contribution in [-0.2, 0) is 17.8 Å². The Labute approximate surface area is 150 Å². The number of rotatable bonds is 6. The number of hydrogen-bond acceptors (Lipinski definition) is 5. The second-order valence-corrected chi connectivity index (χ2v) is 6.06. The average Bonchev–Trinajstić information content (AvgIpc) is 3.24. The number of carbonyl (C=O) groups is 2. The Bertz CT molecular complexity index is 918. The number of aromatic nitrogens is 4. The molecule has 0 fully saturated rings. The monoisotopic (exact) mass is 403 g/mol. The summed E-state index contributed by atoms with van der Waals surface area (Å²) in [5.41, 5.74) is 6.52. The number of primary amides is 1. The number of ether oxygens (including phenoxy) is 1. The number of amides is 1. The number of H-pyrrole nitrogens is 2. The van der Waals surface area contributed by atoms with Gasteiger partial charge in [-0.25, -0.2) is 9.78 Å². The lowest BCUT2D eigenvalue weighted by Crippen LogP contribution is -2.11. The third kappa shape index (κ3) is 4.13. The van der Waals surface area contributed by atoms with E-state index in [1.165, 1.54) is 12.3 Å². The van der Waals surface area contributed by atoms with Gasteiger partial charge in [0.1, 0.15) is 5.69 Å². The molecule has 2 heterocycles. The molecule has 0 unspecified atom stereocenters. The van der Waals surface area contributed by atoms with Crippen molar-refractivity contribution in [1.82, 2.24) is 20.2 Å². The maximum Gasteiger partial charge on any atom is 0.340 e. The smallest absolute Gasteiger partial charge is 0.340 e. The van der Waals surface area contributed by atoms with Gasteiger partial charge < -0.3 is 15.5 Å². The number of aromatic amines is 2. The molecular formula is C16H14BrN5O3. The number of nitrogens with two attached hydrogens (primary N) is 1. The molecule has 9 heteroatoms. The topological polar surface area (TPSA) is 127 Å². The highest BCUT2D eigenvalue weighted by Gasteiger charge is 2.14. The van der Waals surface area contributed by atoms with E-state index < -0.39 is 11.9 Å². The van der Waals surface area contributed by atoms with Crippen molar-refractivity contribution < 1.29 is 14.3 Å². The van der Waals surface area contributed by atoms with Gasteiger partial charge in [-0.3, -0.25) is 9.89 Å². The lowest BCUT2D eigenvalue weighted by atomic mass is 10.1. The van der Waals surface area contributed by atoms with E-state index in [9.17, 15) is 9.59 Å². The first-order valence-corrected chi connectivity index (χ1v) is 8.11. The van der Waals surface area contributed by atoms with Gasteiger partial charge in [0.15, 0.2) is 18.3 Å². The van der Waals surface area contributed by atoms with Gasteiger partial charge in [-0.15, -0.1) is 0 Å². The first-order valence-electron chi connectivity index (χ1n) is 7.32. The molecular weight excluding hydrogens is 390 g/mol. The van der Waals surface area contributed by atoms with E-state index in [0.717, 1.165) is 10.0 Å². The summed E-state index contributed by atoms with van der Waals surface area (Å²) in [7, 11) is 0. The molecule has 0 aliphatic carbocycles. The van der Waals surface area contributed by atoms with E-state index in [4.69, 9.17) is 10.5 Å². The summed E-state index contributed by atoms with van der Waals surface area (Å²) < 4.78 is 6.12. The fourth-order valence-corrected chi connectivity index (χ4v) is 2.59. The third-order valence-corrected chi connectivity index (χ3v) is 4.18. The van der Waals surface area contributed by atoms with Crippen molar-refractivity contribution in [1.29, 1.82) is 0 Å². The van der Waals surface area contributed by atoms with Crippen LogP contribution < -0.4 is 5.73 Å². The third-order valence-electron chi connectivity index (χ3n) is 3.41. The molecule has 0 aliphatic rings. The zero-order valence-electron chi connectivity index (χ0n) is 13.0. The molecule has 4 N–H and O–H groups in total. The van der Waals surface area contributed by atoms with E-state index in [1.807, 2.05) is 24.3 Å². The maximum absolute atomic E-state index is 11.9. The lowest BCUT2D eigenvalue weighted by molar-refractivity contribution is 0.0463. The Balaban J connectivity index is 1.59. The largest absolute Gasteiger partial charge is 0.454 e. The summed E-state index contributed by atoms with van der Waals surface area (Å²) in [5, 5.41) is 6.86. The molecule has 1 amide bonds. The Morgan fingerprint density at radius 1 is 1.28 bits per heavy atom. The number of nitrogens with zero attached hydrogens (tertiary/aromatic N) is 2. The van der Waals surface area contributed by atoms with E-state index in [0.29, 0.717) is 18.1 Å². The fourth-order valence-electron chi connectivity index (χ4n) is 2.16. The molecule has 0 saturated carbocycles. The Morgan fingerprint density at radius 3 is 2.80 bits per heavy atom. The highest BCUT2D eigenvalue weighted by molar-refractivity contribution is 9.10. The van der Waals surface area contributed by atoms with E-state index in [-0.39, 0.29) is 17.9 Å². The van der Waals surface area contributed by atoms with Crippen LogP contribution >= 0.6 is 15.9 Å². The van der Waals surface area contributed by atoms with Gasteiger partial charge in [0.25, 0.3) is 5.91 Å². The van der Waals surface area contributed by atoms with Crippen molar-refractivity contribution in [3.63, 3.8) is 0 Å². The second kappa shape index (κ2) is 7.31. The molecule has 0 saturated heterocycles. The zero-order valence-corrected chi connectivity index (χ0v) is 14.5. The zero-order chi connectivity index (χ0) is 17.8. The van der Waals surface area contributed by atoms with Gasteiger partial charge in [-0.2, -0.15) is 5.10 Å². The van der Waals surface area contributed by atoms with E-state index in [2.05, 4.69) is 36.1 Å². The van der Waals surface area contributed by atoms with Crippen LogP contribution in [0.4, 0.5) is 0 Å². The summed E-state index contributed by atoms with van der Waals surface area (Å²) in [6.07, 6.45) is 1.91. The minimum Gasteiger partial charge on any atom is -0.454 e. The molecule has 1 aromatic carbocycles. The Morgan fingerprint density at radius 2 is 2.08 bits per heavy atom. The van der Waals surface area contributed by atoms with Crippen LogP contribution in [0.15, 0.2) is 41.0 Å². The standard InChI is InChI=1S/C16H14BrN5O3/c17-11-4-2-1-3-9(11)6-13-20-14(22-21-13)8-25-16(24)10-5-12(15(18)23)19-7-10/h1-5,7,19H,6,8H2,(H2,18,23)(H,20,21,22). The van der Waals surface area contributed by atoms with Crippen molar-refractivity contribution >= 4 is 27.8 Å². The van der Waals surface area contributed by atoms with Crippen LogP contribution in [0.5, 0.6) is 0 Å². The highest BCUT2D eigenvalue weighted by atomic mass is 79.9. The normalized spacial score (nSPS) is 10.6. The predicted molar refractivity (Wildman–Crippen MR) is 91.8 cm³/mol. The van der Waals surface area contributed by atoms with Crippen LogP contribution in [0.1, 0.15) is 38.1 Å². The van der Waals surface area contributed by atoms with Crippen molar-refractivity contribution in [3.8, 4) is 0 Å². The first kappa shape index (κ1) is 16.9. The maximum atomic E-state index is 11.9. The van der Waals surface area contributed by atoms with E-state index in [1.54, 1.807) is 0 Å². The number of nitrogens with one attached hydrogen (secondary N) is 2. The second-order valence-electron chi connectivity index (χ2n) is 5.21. The minimum absolute atomic E-state index is 0.0567. The molecule has 3 aromatic rings. The number of esters is 1. The molecule has 128 valence electrons. The summed E-state index contributed by atoms with van der Waals surface area (Å²) in [5.74, 6) is -0.213. The van der Waals surface area contributed by atoms with Gasteiger partial charge in [-0.05, 0) is 17.7 Å². The van der Waals surface area contributed by atoms with Gasteiger partial charge >= 0.3 is 5.97 Å². The van der Waals surface area contributed by atoms with Gasteiger partial charge in [0.05, 0.1) is 5.56 Å². The van der Waals surface area contributed by atoms with Crippen LogP contribution in [0.2, 0.25) is 0 Å². The number of carbonyl (C=O) groups excluding carboxylic acids is 2.